The Morgan fingerprint density at radius 3 is 2.59 bits per heavy atom. The molecule has 2 saturated heterocycles. The van der Waals surface area contributed by atoms with Crippen molar-refractivity contribution in [1.82, 2.24) is 10.2 Å². The van der Waals surface area contributed by atoms with E-state index in [0.29, 0.717) is 29.6 Å². The molecule has 0 aromatic carbocycles. The number of hydrogen-bond acceptors (Lipinski definition) is 5. The van der Waals surface area contributed by atoms with Gasteiger partial charge in [-0.15, -0.1) is 0 Å². The molecule has 2 saturated carbocycles. The molecule has 0 amide bonds. The average molecular weight is 473 g/mol. The van der Waals surface area contributed by atoms with Gasteiger partial charge in [0.05, 0.1) is 18.9 Å². The zero-order valence-corrected chi connectivity index (χ0v) is 21.4. The Morgan fingerprint density at radius 2 is 1.88 bits per heavy atom. The Balaban J connectivity index is 1.46. The first-order valence-corrected chi connectivity index (χ1v) is 13.8. The molecule has 0 bridgehead atoms. The molecule has 2 aliphatic heterocycles. The normalized spacial score (nSPS) is 52.4. The van der Waals surface area contributed by atoms with Gasteiger partial charge in [-0.25, -0.2) is 0 Å². The van der Waals surface area contributed by atoms with Crippen molar-refractivity contribution in [3.05, 3.63) is 17.5 Å². The number of hydrogen-bond donors (Lipinski definition) is 3. The Hall–Kier alpha value is -0.950. The van der Waals surface area contributed by atoms with Crippen molar-refractivity contribution in [3.8, 4) is 0 Å². The third-order valence-corrected chi connectivity index (χ3v) is 11.6. The summed E-state index contributed by atoms with van der Waals surface area (Å²) in [6.07, 6.45) is 9.44. The minimum Gasteiger partial charge on any atom is -0.396 e. The fraction of sp³-hybridized carbons (Fsp3) is 0.893. The second-order valence-corrected chi connectivity index (χ2v) is 13.2. The number of aromatic amines is 1. The number of ether oxygens (including phenoxy) is 2. The van der Waals surface area contributed by atoms with Crippen LogP contribution in [0.1, 0.15) is 71.1 Å². The number of fused-ring (bicyclic) bond motifs is 4. The van der Waals surface area contributed by atoms with Gasteiger partial charge in [0.1, 0.15) is 0 Å². The fourth-order valence-electron chi connectivity index (χ4n) is 9.83. The lowest BCUT2D eigenvalue weighted by atomic mass is 9.52. The van der Waals surface area contributed by atoms with Crippen LogP contribution in [0.4, 0.5) is 0 Å². The van der Waals surface area contributed by atoms with E-state index in [1.54, 1.807) is 0 Å². The van der Waals surface area contributed by atoms with E-state index >= 15 is 0 Å². The van der Waals surface area contributed by atoms with E-state index in [1.807, 2.05) is 6.20 Å². The van der Waals surface area contributed by atoms with Gasteiger partial charge in [-0.05, 0) is 84.0 Å². The molecule has 3 N–H and O–H groups in total. The van der Waals surface area contributed by atoms with Crippen LogP contribution in [0, 0.1) is 52.3 Å². The molecular formula is C28H44N2O4. The van der Waals surface area contributed by atoms with Crippen molar-refractivity contribution in [2.24, 2.45) is 52.3 Å². The van der Waals surface area contributed by atoms with Crippen molar-refractivity contribution in [2.75, 3.05) is 19.8 Å². The summed E-state index contributed by atoms with van der Waals surface area (Å²) in [5.74, 6) is 2.01. The molecule has 0 radical (unpaired) electrons. The first-order chi connectivity index (χ1) is 16.3. The second-order valence-electron chi connectivity index (χ2n) is 13.2. The van der Waals surface area contributed by atoms with E-state index in [4.69, 9.17) is 9.47 Å². The standard InChI is InChI=1S/C28H44N2O4/c1-16-7-9-28(33-15-16)17(2)22-25(34-28)24(23-18(13-31)6-5-8-26(22,23)3)27(4)11-19-12-29-30-21(19)10-20(27)14-32/h12,16-18,20,22-25,31-32H,5-11,13-15H2,1-4H3,(H,29,30)/t16-,17+,18+,20-,22+,23+,24?,25-,26-,27-,28-/m1/s1. The van der Waals surface area contributed by atoms with Gasteiger partial charge in [0.2, 0.25) is 0 Å². The molecule has 190 valence electrons. The van der Waals surface area contributed by atoms with Crippen molar-refractivity contribution in [1.29, 1.82) is 0 Å². The predicted octanol–water partition coefficient (Wildman–Crippen LogP) is 3.96. The number of rotatable bonds is 3. The van der Waals surface area contributed by atoms with Crippen LogP contribution in [0.5, 0.6) is 0 Å². The predicted molar refractivity (Wildman–Crippen MR) is 129 cm³/mol. The van der Waals surface area contributed by atoms with Crippen molar-refractivity contribution < 1.29 is 19.7 Å². The molecule has 6 heteroatoms. The van der Waals surface area contributed by atoms with Gasteiger partial charge in [-0.3, -0.25) is 5.10 Å². The zero-order valence-electron chi connectivity index (χ0n) is 21.4. The molecule has 11 atom stereocenters. The van der Waals surface area contributed by atoms with E-state index in [0.717, 1.165) is 38.7 Å². The maximum Gasteiger partial charge on any atom is 0.171 e. The topological polar surface area (TPSA) is 87.6 Å². The van der Waals surface area contributed by atoms with Gasteiger partial charge in [0.25, 0.3) is 0 Å². The van der Waals surface area contributed by atoms with Gasteiger partial charge in [0.15, 0.2) is 5.79 Å². The lowest BCUT2D eigenvalue weighted by Crippen LogP contribution is -2.53. The van der Waals surface area contributed by atoms with Crippen LogP contribution in [0.2, 0.25) is 0 Å². The van der Waals surface area contributed by atoms with Crippen molar-refractivity contribution >= 4 is 0 Å². The summed E-state index contributed by atoms with van der Waals surface area (Å²) in [6.45, 7) is 10.8. The van der Waals surface area contributed by atoms with E-state index in [2.05, 4.69) is 37.9 Å². The SMILES string of the molecule is C[C@@H]1CC[C@@]2(OC1)O[C@H]1C([C@]3(C)Cc4cn[nH]c4C[C@@H]3CO)[C@@H]3[C@H](CO)CCC[C@]3(C)[C@H]1[C@@H]2C. The quantitative estimate of drug-likeness (QED) is 0.620. The highest BCUT2D eigenvalue weighted by Gasteiger charge is 2.73. The molecule has 1 aromatic heterocycles. The van der Waals surface area contributed by atoms with E-state index in [1.165, 1.54) is 24.1 Å². The average Bonchev–Trinajstić information content (AvgIpc) is 3.46. The molecule has 1 aromatic rings. The highest BCUT2D eigenvalue weighted by molar-refractivity contribution is 5.27. The molecule has 34 heavy (non-hydrogen) atoms. The van der Waals surface area contributed by atoms with Crippen LogP contribution < -0.4 is 0 Å². The van der Waals surface area contributed by atoms with Gasteiger partial charge in [-0.2, -0.15) is 5.10 Å². The molecule has 1 spiro atoms. The summed E-state index contributed by atoms with van der Waals surface area (Å²) in [5.41, 5.74) is 2.47. The van der Waals surface area contributed by atoms with Crippen LogP contribution in [0.3, 0.4) is 0 Å². The molecule has 6 nitrogen and oxygen atoms in total. The van der Waals surface area contributed by atoms with Gasteiger partial charge in [-0.1, -0.05) is 34.1 Å². The maximum absolute atomic E-state index is 10.6. The lowest BCUT2D eigenvalue weighted by Gasteiger charge is -2.54. The Kier molecular flexibility index (Phi) is 5.53. The van der Waals surface area contributed by atoms with E-state index in [9.17, 15) is 10.2 Å². The zero-order chi connectivity index (χ0) is 23.9. The number of aromatic nitrogens is 2. The highest BCUT2D eigenvalue weighted by Crippen LogP contribution is 2.72. The van der Waals surface area contributed by atoms with Crippen LogP contribution >= 0.6 is 0 Å². The first kappa shape index (κ1) is 23.4. The largest absolute Gasteiger partial charge is 0.396 e. The molecule has 5 aliphatic rings. The molecule has 3 aliphatic carbocycles. The Bertz CT molecular complexity index is 910. The summed E-state index contributed by atoms with van der Waals surface area (Å²) < 4.78 is 13.8. The maximum atomic E-state index is 10.6. The highest BCUT2D eigenvalue weighted by atomic mass is 16.7. The summed E-state index contributed by atoms with van der Waals surface area (Å²) in [6, 6.07) is 0. The van der Waals surface area contributed by atoms with Gasteiger partial charge >= 0.3 is 0 Å². The summed E-state index contributed by atoms with van der Waals surface area (Å²) in [4.78, 5) is 0. The van der Waals surface area contributed by atoms with Crippen molar-refractivity contribution in [2.45, 2.75) is 84.5 Å². The summed E-state index contributed by atoms with van der Waals surface area (Å²) >= 11 is 0. The number of nitrogens with zero attached hydrogens (tertiary/aromatic N) is 1. The summed E-state index contributed by atoms with van der Waals surface area (Å²) in [7, 11) is 0. The van der Waals surface area contributed by atoms with Crippen molar-refractivity contribution in [3.63, 3.8) is 0 Å². The fourth-order valence-corrected chi connectivity index (χ4v) is 9.83. The van der Waals surface area contributed by atoms with E-state index in [-0.39, 0.29) is 42.0 Å². The molecular weight excluding hydrogens is 428 g/mol. The molecule has 6 rings (SSSR count). The van der Waals surface area contributed by atoms with Crippen LogP contribution in [0.25, 0.3) is 0 Å². The molecule has 1 unspecified atom stereocenters. The number of aliphatic hydroxyl groups is 2. The minimum absolute atomic E-state index is 0.109. The lowest BCUT2D eigenvalue weighted by molar-refractivity contribution is -0.283. The number of H-pyrrole nitrogens is 1. The van der Waals surface area contributed by atoms with Gasteiger partial charge in [0, 0.05) is 31.2 Å². The smallest absolute Gasteiger partial charge is 0.171 e. The van der Waals surface area contributed by atoms with E-state index < -0.39 is 5.79 Å². The monoisotopic (exact) mass is 472 g/mol. The number of aliphatic hydroxyl groups excluding tert-OH is 2. The van der Waals surface area contributed by atoms with Crippen LogP contribution in [-0.4, -0.2) is 52.1 Å². The third-order valence-electron chi connectivity index (χ3n) is 11.6. The summed E-state index contributed by atoms with van der Waals surface area (Å²) in [5, 5.41) is 28.8. The third kappa shape index (κ3) is 3.04. The van der Waals surface area contributed by atoms with Gasteiger partial charge < -0.3 is 19.7 Å². The molecule has 4 fully saturated rings. The number of nitrogens with one attached hydrogen (secondary N) is 1. The second kappa shape index (κ2) is 8.03. The molecule has 3 heterocycles. The Labute approximate surface area is 204 Å². The Morgan fingerprint density at radius 1 is 1.06 bits per heavy atom. The van der Waals surface area contributed by atoms with Crippen LogP contribution in [0.15, 0.2) is 6.20 Å². The van der Waals surface area contributed by atoms with Crippen LogP contribution in [-0.2, 0) is 22.3 Å². The first-order valence-electron chi connectivity index (χ1n) is 13.8. The minimum atomic E-state index is -0.471.